The van der Waals surface area contributed by atoms with E-state index in [-0.39, 0.29) is 0 Å². The number of imidazole rings is 1. The molecule has 0 radical (unpaired) electrons. The molecule has 6 aromatic carbocycles. The Kier molecular flexibility index (Phi) is 4.61. The third-order valence-corrected chi connectivity index (χ3v) is 8.40. The predicted molar refractivity (Wildman–Crippen MR) is 171 cm³/mol. The van der Waals surface area contributed by atoms with Gasteiger partial charge in [0, 0.05) is 27.7 Å². The van der Waals surface area contributed by atoms with Crippen LogP contribution in [0.2, 0.25) is 0 Å². The second-order valence-electron chi connectivity index (χ2n) is 10.7. The summed E-state index contributed by atoms with van der Waals surface area (Å²) in [4.78, 5) is 9.93. The summed E-state index contributed by atoms with van der Waals surface area (Å²) in [6, 6.07) is 47.7. The van der Waals surface area contributed by atoms with Crippen LogP contribution in [0.1, 0.15) is 0 Å². The molecule has 0 N–H and O–H groups in total. The van der Waals surface area contributed by atoms with E-state index < -0.39 is 0 Å². The molecule has 0 bridgehead atoms. The van der Waals surface area contributed by atoms with E-state index in [2.05, 4.69) is 132 Å². The van der Waals surface area contributed by atoms with Crippen LogP contribution in [0.25, 0.3) is 82.3 Å². The molecule has 0 unspecified atom stereocenters. The molecule has 3 heterocycles. The van der Waals surface area contributed by atoms with Crippen LogP contribution in [0.15, 0.2) is 140 Å². The van der Waals surface area contributed by atoms with Crippen molar-refractivity contribution in [2.45, 2.75) is 0 Å². The monoisotopic (exact) mass is 521 g/mol. The van der Waals surface area contributed by atoms with Crippen molar-refractivity contribution in [2.24, 2.45) is 0 Å². The molecule has 3 nitrogen and oxygen atoms in total. The van der Waals surface area contributed by atoms with Crippen molar-refractivity contribution in [3.8, 4) is 22.3 Å². The van der Waals surface area contributed by atoms with Crippen LogP contribution in [0.5, 0.6) is 0 Å². The summed E-state index contributed by atoms with van der Waals surface area (Å²) in [5.74, 6) is 0. The Morgan fingerprint density at radius 3 is 2.22 bits per heavy atom. The highest BCUT2D eigenvalue weighted by atomic mass is 15.0. The largest absolute Gasteiger partial charge is 0.292 e. The van der Waals surface area contributed by atoms with Crippen LogP contribution in [0.3, 0.4) is 0 Å². The van der Waals surface area contributed by atoms with Gasteiger partial charge in [-0.25, -0.2) is 4.98 Å². The Morgan fingerprint density at radius 1 is 0.488 bits per heavy atom. The lowest BCUT2D eigenvalue weighted by molar-refractivity contribution is 1.31. The highest BCUT2D eigenvalue weighted by Gasteiger charge is 2.17. The van der Waals surface area contributed by atoms with Gasteiger partial charge >= 0.3 is 0 Å². The number of hydrogen-bond donors (Lipinski definition) is 0. The smallest absolute Gasteiger partial charge is 0.146 e. The van der Waals surface area contributed by atoms with Crippen LogP contribution in [0.4, 0.5) is 0 Å². The maximum Gasteiger partial charge on any atom is 0.146 e. The lowest BCUT2D eigenvalue weighted by atomic mass is 9.95. The van der Waals surface area contributed by atoms with E-state index in [9.17, 15) is 0 Å². The summed E-state index contributed by atoms with van der Waals surface area (Å²) >= 11 is 0. The number of nitrogens with zero attached hydrogens (tertiary/aromatic N) is 3. The topological polar surface area (TPSA) is 30.2 Å². The minimum atomic E-state index is 0.966. The molecule has 0 saturated carbocycles. The molecular formula is C38H23N3. The molecular weight excluding hydrogens is 498 g/mol. The first kappa shape index (κ1) is 22.3. The van der Waals surface area contributed by atoms with Gasteiger partial charge < -0.3 is 0 Å². The summed E-state index contributed by atoms with van der Waals surface area (Å²) in [6.07, 6.45) is 1.88. The van der Waals surface area contributed by atoms with Crippen molar-refractivity contribution in [1.82, 2.24) is 14.4 Å². The lowest BCUT2D eigenvalue weighted by Gasteiger charge is -2.13. The Bertz CT molecular complexity index is 2460. The number of fused-ring (bicyclic) bond motifs is 11. The second-order valence-corrected chi connectivity index (χ2v) is 10.7. The molecule has 0 aliphatic carbocycles. The number of pyridine rings is 2. The Hall–Kier alpha value is -5.54. The van der Waals surface area contributed by atoms with E-state index in [1.807, 2.05) is 12.3 Å². The first-order valence-corrected chi connectivity index (χ1v) is 13.9. The van der Waals surface area contributed by atoms with Crippen LogP contribution in [0, 0.1) is 0 Å². The fraction of sp³-hybridized carbons (Fsp3) is 0. The van der Waals surface area contributed by atoms with Gasteiger partial charge in [-0.15, -0.1) is 0 Å². The average Bonchev–Trinajstić information content (AvgIpc) is 3.44. The van der Waals surface area contributed by atoms with Crippen LogP contribution in [-0.2, 0) is 0 Å². The molecule has 3 heteroatoms. The molecule has 0 amide bonds. The van der Waals surface area contributed by atoms with Gasteiger partial charge in [-0.2, -0.15) is 0 Å². The SMILES string of the molecule is c1ccc2c(-c3ccc(-c4ccc5c(c4)c4c(ccc6cccnc64)c4nc6ccccc6n54)cc3)cccc2c1. The van der Waals surface area contributed by atoms with Gasteiger partial charge in [0.25, 0.3) is 0 Å². The zero-order valence-electron chi connectivity index (χ0n) is 22.1. The van der Waals surface area contributed by atoms with Crippen molar-refractivity contribution in [1.29, 1.82) is 0 Å². The molecule has 0 saturated heterocycles. The van der Waals surface area contributed by atoms with Gasteiger partial charge in [0.1, 0.15) is 5.65 Å². The van der Waals surface area contributed by atoms with Gasteiger partial charge in [0.15, 0.2) is 0 Å². The lowest BCUT2D eigenvalue weighted by Crippen LogP contribution is -1.94. The van der Waals surface area contributed by atoms with Gasteiger partial charge in [0.05, 0.1) is 22.1 Å². The minimum absolute atomic E-state index is 0.966. The molecule has 9 aromatic rings. The van der Waals surface area contributed by atoms with Crippen molar-refractivity contribution >= 4 is 60.0 Å². The third-order valence-electron chi connectivity index (χ3n) is 8.40. The highest BCUT2D eigenvalue weighted by molar-refractivity contribution is 6.23. The Morgan fingerprint density at radius 2 is 1.27 bits per heavy atom. The standard InChI is InChI=1S/C38H23N3/c1-2-10-29-25(7-1)8-5-11-30(29)26-16-14-24(15-17-26)28-19-21-34-32(23-28)36-31(20-18-27-9-6-22-39-37(27)36)38-40-33-12-3-4-13-35(33)41(34)38/h1-23H. The Balaban J connectivity index is 1.30. The van der Waals surface area contributed by atoms with Crippen molar-refractivity contribution in [3.05, 3.63) is 140 Å². The molecule has 0 fully saturated rings. The molecule has 0 atom stereocenters. The molecule has 41 heavy (non-hydrogen) atoms. The second kappa shape index (κ2) is 8.48. The maximum absolute atomic E-state index is 5.08. The minimum Gasteiger partial charge on any atom is -0.292 e. The molecule has 0 spiro atoms. The first-order chi connectivity index (χ1) is 20.3. The fourth-order valence-electron chi connectivity index (χ4n) is 6.48. The van der Waals surface area contributed by atoms with Crippen LogP contribution >= 0.6 is 0 Å². The molecule has 0 aliphatic rings. The highest BCUT2D eigenvalue weighted by Crippen LogP contribution is 2.38. The van der Waals surface area contributed by atoms with Gasteiger partial charge in [-0.1, -0.05) is 97.1 Å². The van der Waals surface area contributed by atoms with E-state index in [0.717, 1.165) is 43.9 Å². The molecule has 190 valence electrons. The number of benzene rings is 6. The zero-order valence-corrected chi connectivity index (χ0v) is 22.1. The number of rotatable bonds is 2. The summed E-state index contributed by atoms with van der Waals surface area (Å²) < 4.78 is 2.30. The van der Waals surface area contributed by atoms with Crippen molar-refractivity contribution in [2.75, 3.05) is 0 Å². The summed E-state index contributed by atoms with van der Waals surface area (Å²) in [5.41, 5.74) is 10.1. The zero-order chi connectivity index (χ0) is 26.9. The van der Waals surface area contributed by atoms with Gasteiger partial charge in [-0.05, 0) is 69.4 Å². The third kappa shape index (κ3) is 3.26. The van der Waals surface area contributed by atoms with Crippen molar-refractivity contribution < 1.29 is 0 Å². The first-order valence-electron chi connectivity index (χ1n) is 13.9. The number of hydrogen-bond acceptors (Lipinski definition) is 2. The van der Waals surface area contributed by atoms with Crippen molar-refractivity contribution in [3.63, 3.8) is 0 Å². The van der Waals surface area contributed by atoms with E-state index in [1.54, 1.807) is 0 Å². The summed E-state index contributed by atoms with van der Waals surface area (Å²) in [6.45, 7) is 0. The number of aromatic nitrogens is 3. The molecule has 0 aliphatic heterocycles. The number of para-hydroxylation sites is 2. The van der Waals surface area contributed by atoms with E-state index in [4.69, 9.17) is 9.97 Å². The summed E-state index contributed by atoms with van der Waals surface area (Å²) in [7, 11) is 0. The predicted octanol–water partition coefficient (Wildman–Crippen LogP) is 9.83. The van der Waals surface area contributed by atoms with E-state index in [0.29, 0.717) is 0 Å². The normalized spacial score (nSPS) is 11.9. The Labute approximate surface area is 236 Å². The molecule has 3 aromatic heterocycles. The van der Waals surface area contributed by atoms with Gasteiger partial charge in [0.2, 0.25) is 0 Å². The average molecular weight is 522 g/mol. The van der Waals surface area contributed by atoms with E-state index >= 15 is 0 Å². The van der Waals surface area contributed by atoms with Gasteiger partial charge in [-0.3, -0.25) is 9.38 Å². The van der Waals surface area contributed by atoms with E-state index in [1.165, 1.54) is 38.4 Å². The van der Waals surface area contributed by atoms with Crippen LogP contribution in [-0.4, -0.2) is 14.4 Å². The maximum atomic E-state index is 5.08. The van der Waals surface area contributed by atoms with Crippen LogP contribution < -0.4 is 0 Å². The molecule has 9 rings (SSSR count). The summed E-state index contributed by atoms with van der Waals surface area (Å²) in [5, 5.41) is 7.10. The fourth-order valence-corrected chi connectivity index (χ4v) is 6.48. The quantitative estimate of drug-likeness (QED) is 0.212.